The first-order valence-corrected chi connectivity index (χ1v) is 5.78. The largest absolute Gasteiger partial charge is 0.377 e. The molecule has 4 nitrogen and oxygen atoms in total. The number of halogens is 1. The number of nitriles is 1. The second-order valence-electron chi connectivity index (χ2n) is 3.33. The second kappa shape index (κ2) is 5.41. The lowest BCUT2D eigenvalue weighted by Crippen LogP contribution is -2.03. The third kappa shape index (κ3) is 3.02. The van der Waals surface area contributed by atoms with Crippen molar-refractivity contribution in [3.63, 3.8) is 0 Å². The van der Waals surface area contributed by atoms with Crippen molar-refractivity contribution in [3.05, 3.63) is 52.5 Å². The molecule has 0 unspecified atom stereocenters. The number of rotatable bonds is 3. The molecule has 1 N–H and O–H groups in total. The third-order valence-electron chi connectivity index (χ3n) is 2.15. The topological polar surface area (TPSA) is 61.6 Å². The predicted molar refractivity (Wildman–Crippen MR) is 68.2 cm³/mol. The molecule has 84 valence electrons. The van der Waals surface area contributed by atoms with Gasteiger partial charge in [0.05, 0.1) is 18.2 Å². The Morgan fingerprint density at radius 3 is 2.71 bits per heavy atom. The highest BCUT2D eigenvalue weighted by molar-refractivity contribution is 9.10. The molecule has 2 aromatic rings. The van der Waals surface area contributed by atoms with Crippen LogP contribution in [0.15, 0.2) is 41.1 Å². The molecule has 1 heterocycles. The lowest BCUT2D eigenvalue weighted by atomic mass is 10.2. The molecule has 0 saturated heterocycles. The fraction of sp³-hybridized carbons (Fsp3) is 0.0833. The molecule has 17 heavy (non-hydrogen) atoms. The van der Waals surface area contributed by atoms with Crippen LogP contribution >= 0.6 is 15.9 Å². The quantitative estimate of drug-likeness (QED) is 0.943. The molecule has 0 fully saturated rings. The molecule has 0 spiro atoms. The van der Waals surface area contributed by atoms with E-state index < -0.39 is 0 Å². The van der Waals surface area contributed by atoms with Crippen LogP contribution in [0.4, 0.5) is 5.69 Å². The molecule has 2 rings (SSSR count). The lowest BCUT2D eigenvalue weighted by molar-refractivity contribution is 0.947. The van der Waals surface area contributed by atoms with Crippen molar-refractivity contribution in [1.29, 1.82) is 5.26 Å². The van der Waals surface area contributed by atoms with E-state index in [4.69, 9.17) is 5.26 Å². The van der Waals surface area contributed by atoms with Gasteiger partial charge in [0.2, 0.25) is 0 Å². The Labute approximate surface area is 107 Å². The molecule has 0 radical (unpaired) electrons. The highest BCUT2D eigenvalue weighted by Gasteiger charge is 2.01. The van der Waals surface area contributed by atoms with Gasteiger partial charge in [-0.2, -0.15) is 5.26 Å². The van der Waals surface area contributed by atoms with Crippen LogP contribution in [0.2, 0.25) is 0 Å². The Hall–Kier alpha value is -1.93. The summed E-state index contributed by atoms with van der Waals surface area (Å²) in [5.74, 6) is 0.726. The summed E-state index contributed by atoms with van der Waals surface area (Å²) >= 11 is 3.41. The van der Waals surface area contributed by atoms with Crippen molar-refractivity contribution in [2.24, 2.45) is 0 Å². The summed E-state index contributed by atoms with van der Waals surface area (Å²) in [7, 11) is 0. The number of anilines is 1. The highest BCUT2D eigenvalue weighted by Crippen LogP contribution is 2.23. The van der Waals surface area contributed by atoms with Crippen LogP contribution in [-0.2, 0) is 6.54 Å². The summed E-state index contributed by atoms with van der Waals surface area (Å²) in [6, 6.07) is 9.25. The van der Waals surface area contributed by atoms with Crippen LogP contribution < -0.4 is 5.32 Å². The number of benzene rings is 1. The Balaban J connectivity index is 2.08. The summed E-state index contributed by atoms with van der Waals surface area (Å²) in [5, 5.41) is 11.9. The first kappa shape index (κ1) is 11.6. The first-order chi connectivity index (χ1) is 8.29. The van der Waals surface area contributed by atoms with E-state index >= 15 is 0 Å². The molecule has 5 heteroatoms. The lowest BCUT2D eigenvalue weighted by Gasteiger charge is -2.07. The van der Waals surface area contributed by atoms with Crippen LogP contribution in [0.3, 0.4) is 0 Å². The van der Waals surface area contributed by atoms with Crippen molar-refractivity contribution in [2.75, 3.05) is 5.32 Å². The molecule has 0 aliphatic rings. The zero-order chi connectivity index (χ0) is 12.1. The molecule has 1 aromatic heterocycles. The number of nitrogens with zero attached hydrogens (tertiary/aromatic N) is 3. The SMILES string of the molecule is N#Cc1ccc(NCc2ncccn2)c(Br)c1. The number of hydrogen-bond donors (Lipinski definition) is 1. The monoisotopic (exact) mass is 288 g/mol. The van der Waals surface area contributed by atoms with Gasteiger partial charge in [0.15, 0.2) is 0 Å². The van der Waals surface area contributed by atoms with Crippen molar-refractivity contribution in [3.8, 4) is 6.07 Å². The molecule has 0 bridgehead atoms. The molecule has 1 aromatic carbocycles. The number of hydrogen-bond acceptors (Lipinski definition) is 4. The summed E-state index contributed by atoms with van der Waals surface area (Å²) in [6.07, 6.45) is 3.41. The van der Waals surface area contributed by atoms with Gasteiger partial charge in [-0.15, -0.1) is 0 Å². The molecule has 0 atom stereocenters. The van der Waals surface area contributed by atoms with E-state index in [-0.39, 0.29) is 0 Å². The van der Waals surface area contributed by atoms with Gasteiger partial charge in [-0.05, 0) is 40.2 Å². The zero-order valence-electron chi connectivity index (χ0n) is 8.89. The average molecular weight is 289 g/mol. The van der Waals surface area contributed by atoms with Crippen LogP contribution in [0.1, 0.15) is 11.4 Å². The number of aromatic nitrogens is 2. The van der Waals surface area contributed by atoms with E-state index in [0.717, 1.165) is 16.0 Å². The molecular weight excluding hydrogens is 280 g/mol. The maximum absolute atomic E-state index is 8.75. The van der Waals surface area contributed by atoms with Gasteiger partial charge in [0, 0.05) is 22.6 Å². The average Bonchev–Trinajstić information content (AvgIpc) is 2.38. The number of nitrogens with one attached hydrogen (secondary N) is 1. The van der Waals surface area contributed by atoms with Gasteiger partial charge in [-0.3, -0.25) is 0 Å². The van der Waals surface area contributed by atoms with Crippen LogP contribution in [0.5, 0.6) is 0 Å². The Morgan fingerprint density at radius 1 is 1.29 bits per heavy atom. The summed E-state index contributed by atoms with van der Waals surface area (Å²) in [6.45, 7) is 0.547. The summed E-state index contributed by atoms with van der Waals surface area (Å²) in [5.41, 5.74) is 1.54. The van der Waals surface area contributed by atoms with Crippen molar-refractivity contribution in [1.82, 2.24) is 9.97 Å². The van der Waals surface area contributed by atoms with Crippen LogP contribution in [0, 0.1) is 11.3 Å². The fourth-order valence-electron chi connectivity index (χ4n) is 1.32. The highest BCUT2D eigenvalue weighted by atomic mass is 79.9. The van der Waals surface area contributed by atoms with E-state index in [2.05, 4.69) is 37.3 Å². The Bertz CT molecular complexity index is 548. The van der Waals surface area contributed by atoms with Crippen molar-refractivity contribution in [2.45, 2.75) is 6.54 Å². The normalized spacial score (nSPS) is 9.65. The van der Waals surface area contributed by atoms with Gasteiger partial charge in [-0.1, -0.05) is 0 Å². The maximum Gasteiger partial charge on any atom is 0.147 e. The minimum Gasteiger partial charge on any atom is -0.377 e. The minimum atomic E-state index is 0.547. The first-order valence-electron chi connectivity index (χ1n) is 4.99. The maximum atomic E-state index is 8.75. The van der Waals surface area contributed by atoms with E-state index in [0.29, 0.717) is 12.1 Å². The van der Waals surface area contributed by atoms with Gasteiger partial charge >= 0.3 is 0 Å². The molecule has 0 saturated carbocycles. The van der Waals surface area contributed by atoms with Gasteiger partial charge in [-0.25, -0.2) is 9.97 Å². The molecular formula is C12H9BrN4. The van der Waals surface area contributed by atoms with E-state index in [1.807, 2.05) is 6.07 Å². The molecule has 0 aliphatic heterocycles. The van der Waals surface area contributed by atoms with E-state index in [1.54, 1.807) is 30.6 Å². The van der Waals surface area contributed by atoms with Gasteiger partial charge in [0.25, 0.3) is 0 Å². The second-order valence-corrected chi connectivity index (χ2v) is 4.18. The standard InChI is InChI=1S/C12H9BrN4/c13-10-6-9(7-14)2-3-11(10)17-8-12-15-4-1-5-16-12/h1-6,17H,8H2. The Morgan fingerprint density at radius 2 is 2.06 bits per heavy atom. The summed E-state index contributed by atoms with van der Waals surface area (Å²) < 4.78 is 0.854. The van der Waals surface area contributed by atoms with Crippen molar-refractivity contribution >= 4 is 21.6 Å². The Kier molecular flexibility index (Phi) is 3.68. The van der Waals surface area contributed by atoms with E-state index in [9.17, 15) is 0 Å². The molecule has 0 amide bonds. The van der Waals surface area contributed by atoms with Crippen LogP contribution in [-0.4, -0.2) is 9.97 Å². The summed E-state index contributed by atoms with van der Waals surface area (Å²) in [4.78, 5) is 8.23. The predicted octanol–water partition coefficient (Wildman–Crippen LogP) is 2.72. The minimum absolute atomic E-state index is 0.547. The van der Waals surface area contributed by atoms with Gasteiger partial charge < -0.3 is 5.32 Å². The van der Waals surface area contributed by atoms with Gasteiger partial charge in [0.1, 0.15) is 5.82 Å². The fourth-order valence-corrected chi connectivity index (χ4v) is 1.84. The smallest absolute Gasteiger partial charge is 0.147 e. The third-order valence-corrected chi connectivity index (χ3v) is 2.81. The van der Waals surface area contributed by atoms with Crippen molar-refractivity contribution < 1.29 is 0 Å². The zero-order valence-corrected chi connectivity index (χ0v) is 10.5. The van der Waals surface area contributed by atoms with Crippen LogP contribution in [0.25, 0.3) is 0 Å². The van der Waals surface area contributed by atoms with E-state index in [1.165, 1.54) is 0 Å². The molecule has 0 aliphatic carbocycles.